The minimum Gasteiger partial charge on any atom is -0.477 e. The zero-order valence-corrected chi connectivity index (χ0v) is 14.7. The van der Waals surface area contributed by atoms with Crippen LogP contribution in [0.3, 0.4) is 0 Å². The minimum atomic E-state index is -4.30. The van der Waals surface area contributed by atoms with Crippen LogP contribution in [0.2, 0.25) is 5.02 Å². The van der Waals surface area contributed by atoms with Gasteiger partial charge in [0.05, 0.1) is 21.0 Å². The summed E-state index contributed by atoms with van der Waals surface area (Å²) in [6.07, 6.45) is 0. The van der Waals surface area contributed by atoms with E-state index in [-0.39, 0.29) is 26.6 Å². The molecule has 9 heteroatoms. The average Bonchev–Trinajstić information content (AvgIpc) is 2.93. The molecule has 2 aromatic heterocycles. The van der Waals surface area contributed by atoms with E-state index in [9.17, 15) is 22.7 Å². The van der Waals surface area contributed by atoms with E-state index in [1.54, 1.807) is 19.1 Å². The number of pyridine rings is 1. The first-order valence-corrected chi connectivity index (χ1v) is 8.89. The van der Waals surface area contributed by atoms with Gasteiger partial charge in [0.2, 0.25) is 0 Å². The second kappa shape index (κ2) is 5.82. The molecule has 2 heterocycles. The van der Waals surface area contributed by atoms with Crippen molar-refractivity contribution in [1.29, 1.82) is 0 Å². The van der Waals surface area contributed by atoms with Gasteiger partial charge in [-0.15, -0.1) is 0 Å². The number of hydrogen-bond acceptors (Lipinski definition) is 4. The van der Waals surface area contributed by atoms with Gasteiger partial charge in [-0.05, 0) is 32.0 Å². The summed E-state index contributed by atoms with van der Waals surface area (Å²) in [7, 11) is -4.30. The van der Waals surface area contributed by atoms with Gasteiger partial charge in [0.25, 0.3) is 10.0 Å². The number of benzene rings is 1. The van der Waals surface area contributed by atoms with Crippen molar-refractivity contribution in [2.45, 2.75) is 18.7 Å². The molecule has 6 nitrogen and oxygen atoms in total. The Labute approximate surface area is 147 Å². The first-order valence-electron chi connectivity index (χ1n) is 7.07. The summed E-state index contributed by atoms with van der Waals surface area (Å²) >= 11 is 5.80. The molecule has 130 valence electrons. The average molecular weight is 383 g/mol. The van der Waals surface area contributed by atoms with Gasteiger partial charge < -0.3 is 5.11 Å². The number of carbonyl (C=O) groups is 1. The van der Waals surface area contributed by atoms with Crippen molar-refractivity contribution in [2.75, 3.05) is 0 Å². The normalized spacial score (nSPS) is 11.8. The third-order valence-corrected chi connectivity index (χ3v) is 5.89. The van der Waals surface area contributed by atoms with E-state index in [1.807, 2.05) is 0 Å². The molecule has 0 spiro atoms. The van der Waals surface area contributed by atoms with Crippen molar-refractivity contribution in [3.8, 4) is 0 Å². The van der Waals surface area contributed by atoms with E-state index in [2.05, 4.69) is 4.98 Å². The third kappa shape index (κ3) is 2.67. The summed E-state index contributed by atoms with van der Waals surface area (Å²) in [6.45, 7) is 3.19. The largest absolute Gasteiger partial charge is 0.477 e. The molecule has 1 N–H and O–H groups in total. The monoisotopic (exact) mass is 382 g/mol. The lowest BCUT2D eigenvalue weighted by atomic mass is 10.2. The molecule has 0 aliphatic rings. The number of fused-ring (bicyclic) bond motifs is 1. The maximum atomic E-state index is 14.4. The lowest BCUT2D eigenvalue weighted by Gasteiger charge is -2.10. The Morgan fingerprint density at radius 1 is 1.24 bits per heavy atom. The van der Waals surface area contributed by atoms with Crippen LogP contribution in [0.4, 0.5) is 4.39 Å². The first kappa shape index (κ1) is 17.4. The fourth-order valence-electron chi connectivity index (χ4n) is 2.44. The number of carboxylic acid groups (broad SMARTS) is 1. The highest BCUT2D eigenvalue weighted by Gasteiger charge is 2.29. The maximum absolute atomic E-state index is 14.4. The minimum absolute atomic E-state index is 0.0575. The quantitative estimate of drug-likeness (QED) is 0.750. The number of hydrogen-bond donors (Lipinski definition) is 1. The molecular weight excluding hydrogens is 371 g/mol. The summed E-state index contributed by atoms with van der Waals surface area (Å²) in [5.74, 6) is -2.44. The molecule has 0 saturated carbocycles. The number of rotatable bonds is 3. The van der Waals surface area contributed by atoms with E-state index in [1.165, 1.54) is 19.1 Å². The van der Waals surface area contributed by atoms with Crippen molar-refractivity contribution >= 4 is 38.6 Å². The van der Waals surface area contributed by atoms with Crippen LogP contribution >= 0.6 is 11.6 Å². The first-order chi connectivity index (χ1) is 11.6. The van der Waals surface area contributed by atoms with E-state index in [4.69, 9.17) is 11.6 Å². The number of aryl methyl sites for hydroxylation is 2. The number of halogens is 2. The summed E-state index contributed by atoms with van der Waals surface area (Å²) < 4.78 is 40.8. The number of aromatic nitrogens is 2. The number of carboxylic acids is 1. The van der Waals surface area contributed by atoms with E-state index >= 15 is 0 Å². The standard InChI is InChI=1S/C16H12ClFN2O4S/c1-8-3-5-10(6-4-8)25(23,24)20-12(16(21)22)7-11-14(18)13(17)9(2)19-15(11)20/h3-7H,1-2H3,(H,21,22). The van der Waals surface area contributed by atoms with Gasteiger partial charge >= 0.3 is 5.97 Å². The van der Waals surface area contributed by atoms with Gasteiger partial charge in [0, 0.05) is 0 Å². The predicted molar refractivity (Wildman–Crippen MR) is 90.2 cm³/mol. The summed E-state index contributed by atoms with van der Waals surface area (Å²) in [5, 5.41) is 8.82. The Balaban J connectivity index is 2.44. The summed E-state index contributed by atoms with van der Waals surface area (Å²) in [6, 6.07) is 6.77. The van der Waals surface area contributed by atoms with E-state index in [0.717, 1.165) is 11.6 Å². The van der Waals surface area contributed by atoms with Crippen LogP contribution in [0.1, 0.15) is 21.7 Å². The molecule has 0 aliphatic heterocycles. The molecule has 3 rings (SSSR count). The van der Waals surface area contributed by atoms with Crippen molar-refractivity contribution in [3.63, 3.8) is 0 Å². The molecular formula is C16H12ClFN2O4S. The highest BCUT2D eigenvalue weighted by atomic mass is 35.5. The van der Waals surface area contributed by atoms with Crippen LogP contribution in [0.5, 0.6) is 0 Å². The molecule has 0 bridgehead atoms. The highest BCUT2D eigenvalue weighted by molar-refractivity contribution is 7.90. The Kier molecular flexibility index (Phi) is 4.04. The van der Waals surface area contributed by atoms with Crippen LogP contribution in [-0.4, -0.2) is 28.5 Å². The second-order valence-electron chi connectivity index (χ2n) is 5.48. The van der Waals surface area contributed by atoms with Crippen LogP contribution in [0.25, 0.3) is 11.0 Å². The SMILES string of the molecule is Cc1ccc(S(=O)(=O)n2c(C(=O)O)cc3c(F)c(Cl)c(C)nc32)cc1. The summed E-state index contributed by atoms with van der Waals surface area (Å²) in [4.78, 5) is 15.4. The van der Waals surface area contributed by atoms with Crippen LogP contribution < -0.4 is 0 Å². The molecule has 0 aliphatic carbocycles. The molecule has 0 radical (unpaired) electrons. The van der Waals surface area contributed by atoms with Gasteiger partial charge in [-0.3, -0.25) is 0 Å². The van der Waals surface area contributed by atoms with Crippen LogP contribution in [0, 0.1) is 19.7 Å². The van der Waals surface area contributed by atoms with Gasteiger partial charge in [0.15, 0.2) is 11.5 Å². The molecule has 3 aromatic rings. The molecule has 1 aromatic carbocycles. The van der Waals surface area contributed by atoms with E-state index in [0.29, 0.717) is 3.97 Å². The zero-order valence-electron chi connectivity index (χ0n) is 13.1. The van der Waals surface area contributed by atoms with Gasteiger partial charge in [-0.25, -0.2) is 26.6 Å². The van der Waals surface area contributed by atoms with Crippen LogP contribution in [0.15, 0.2) is 35.2 Å². The lowest BCUT2D eigenvalue weighted by molar-refractivity contribution is 0.0689. The number of nitrogens with zero attached hydrogens (tertiary/aromatic N) is 2. The van der Waals surface area contributed by atoms with Crippen molar-refractivity contribution in [1.82, 2.24) is 8.96 Å². The Bertz CT molecular complexity index is 1120. The molecule has 0 fully saturated rings. The summed E-state index contributed by atoms with van der Waals surface area (Å²) in [5.41, 5.74) is -0.0513. The Morgan fingerprint density at radius 3 is 2.40 bits per heavy atom. The number of aromatic carboxylic acids is 1. The highest BCUT2D eigenvalue weighted by Crippen LogP contribution is 2.31. The zero-order chi connectivity index (χ0) is 18.5. The van der Waals surface area contributed by atoms with Gasteiger partial charge in [-0.1, -0.05) is 29.3 Å². The van der Waals surface area contributed by atoms with Crippen molar-refractivity contribution in [2.24, 2.45) is 0 Å². The molecule has 0 saturated heterocycles. The van der Waals surface area contributed by atoms with Crippen molar-refractivity contribution < 1.29 is 22.7 Å². The molecule has 0 atom stereocenters. The molecule has 25 heavy (non-hydrogen) atoms. The molecule has 0 amide bonds. The fraction of sp³-hybridized carbons (Fsp3) is 0.125. The van der Waals surface area contributed by atoms with E-state index < -0.39 is 27.5 Å². The van der Waals surface area contributed by atoms with Crippen LogP contribution in [-0.2, 0) is 10.0 Å². The fourth-order valence-corrected chi connectivity index (χ4v) is 4.03. The van der Waals surface area contributed by atoms with Crippen molar-refractivity contribution in [3.05, 3.63) is 58.1 Å². The smallest absolute Gasteiger partial charge is 0.353 e. The molecule has 0 unspecified atom stereocenters. The Morgan fingerprint density at radius 2 is 1.84 bits per heavy atom. The lowest BCUT2D eigenvalue weighted by Crippen LogP contribution is -2.19. The topological polar surface area (TPSA) is 89.3 Å². The third-order valence-electron chi connectivity index (χ3n) is 3.73. The second-order valence-corrected chi connectivity index (χ2v) is 7.64. The Hall–Kier alpha value is -2.45. The van der Waals surface area contributed by atoms with Gasteiger partial charge in [0.1, 0.15) is 5.69 Å². The predicted octanol–water partition coefficient (Wildman–Crippen LogP) is 3.38. The van der Waals surface area contributed by atoms with Gasteiger partial charge in [-0.2, -0.15) is 0 Å². The maximum Gasteiger partial charge on any atom is 0.353 e.